The molecule has 0 aromatic heterocycles. The largest absolute Gasteiger partial charge is 0.491 e. The lowest BCUT2D eigenvalue weighted by molar-refractivity contribution is -0.127. The first-order valence-corrected chi connectivity index (χ1v) is 7.73. The van der Waals surface area contributed by atoms with E-state index in [-0.39, 0.29) is 17.9 Å². The van der Waals surface area contributed by atoms with E-state index >= 15 is 0 Å². The van der Waals surface area contributed by atoms with Crippen molar-refractivity contribution >= 4 is 5.91 Å². The van der Waals surface area contributed by atoms with Crippen LogP contribution in [0.25, 0.3) is 0 Å². The molecular weight excluding hydrogens is 264 g/mol. The van der Waals surface area contributed by atoms with Gasteiger partial charge < -0.3 is 15.0 Å². The van der Waals surface area contributed by atoms with Gasteiger partial charge in [-0.05, 0) is 51.9 Å². The van der Waals surface area contributed by atoms with Crippen LogP contribution in [-0.4, -0.2) is 43.6 Å². The fourth-order valence-corrected chi connectivity index (χ4v) is 2.72. The summed E-state index contributed by atoms with van der Waals surface area (Å²) in [5.41, 5.74) is 1.12. The molecule has 0 saturated carbocycles. The highest BCUT2D eigenvalue weighted by Gasteiger charge is 2.24. The molecule has 2 rings (SSSR count). The number of ether oxygens (including phenoxy) is 1. The molecule has 0 spiro atoms. The summed E-state index contributed by atoms with van der Waals surface area (Å²) in [4.78, 5) is 14.5. The third-order valence-electron chi connectivity index (χ3n) is 3.97. The monoisotopic (exact) mass is 290 g/mol. The summed E-state index contributed by atoms with van der Waals surface area (Å²) in [6.07, 6.45) is 2.09. The number of piperidine rings is 1. The number of likely N-dealkylation sites (tertiary alicyclic amines) is 1. The lowest BCUT2D eigenvalue weighted by Crippen LogP contribution is -2.45. The highest BCUT2D eigenvalue weighted by Crippen LogP contribution is 2.17. The number of hydrogen-bond donors (Lipinski definition) is 1. The average Bonchev–Trinajstić information content (AvgIpc) is 2.46. The molecule has 0 radical (unpaired) electrons. The maximum absolute atomic E-state index is 12.2. The molecule has 1 amide bonds. The SMILES string of the molecule is Cc1ccccc1OC[C@H](C)NC(=O)[C@@H]1CCCN(C)C1. The summed E-state index contributed by atoms with van der Waals surface area (Å²) in [6, 6.07) is 7.96. The summed E-state index contributed by atoms with van der Waals surface area (Å²) in [5, 5.41) is 3.07. The highest BCUT2D eigenvalue weighted by molar-refractivity contribution is 5.79. The predicted molar refractivity (Wildman–Crippen MR) is 84.5 cm³/mol. The number of benzene rings is 1. The van der Waals surface area contributed by atoms with Crippen molar-refractivity contribution in [2.24, 2.45) is 5.92 Å². The van der Waals surface area contributed by atoms with Crippen molar-refractivity contribution in [1.82, 2.24) is 10.2 Å². The Morgan fingerprint density at radius 3 is 2.95 bits per heavy atom. The van der Waals surface area contributed by atoms with Crippen molar-refractivity contribution in [3.05, 3.63) is 29.8 Å². The number of carbonyl (C=O) groups excluding carboxylic acids is 1. The summed E-state index contributed by atoms with van der Waals surface area (Å²) in [6.45, 7) is 6.46. The van der Waals surface area contributed by atoms with Gasteiger partial charge in [0.2, 0.25) is 5.91 Å². The number of aryl methyl sites for hydroxylation is 1. The fourth-order valence-electron chi connectivity index (χ4n) is 2.72. The van der Waals surface area contributed by atoms with E-state index in [1.54, 1.807) is 0 Å². The highest BCUT2D eigenvalue weighted by atomic mass is 16.5. The maximum atomic E-state index is 12.2. The van der Waals surface area contributed by atoms with Crippen LogP contribution in [0.2, 0.25) is 0 Å². The van der Waals surface area contributed by atoms with E-state index in [4.69, 9.17) is 4.74 Å². The van der Waals surface area contributed by atoms with Gasteiger partial charge in [-0.25, -0.2) is 0 Å². The van der Waals surface area contributed by atoms with Gasteiger partial charge in [0.25, 0.3) is 0 Å². The van der Waals surface area contributed by atoms with Crippen LogP contribution in [0.4, 0.5) is 0 Å². The fraction of sp³-hybridized carbons (Fsp3) is 0.588. The molecular formula is C17H26N2O2. The van der Waals surface area contributed by atoms with Crippen LogP contribution in [-0.2, 0) is 4.79 Å². The van der Waals surface area contributed by atoms with E-state index in [0.29, 0.717) is 6.61 Å². The van der Waals surface area contributed by atoms with Gasteiger partial charge in [0.05, 0.1) is 12.0 Å². The van der Waals surface area contributed by atoms with Gasteiger partial charge in [-0.1, -0.05) is 18.2 Å². The second kappa shape index (κ2) is 7.46. The predicted octanol–water partition coefficient (Wildman–Crippen LogP) is 2.22. The normalized spacial score (nSPS) is 20.8. The van der Waals surface area contributed by atoms with E-state index in [2.05, 4.69) is 17.3 Å². The van der Waals surface area contributed by atoms with Crippen molar-refractivity contribution < 1.29 is 9.53 Å². The smallest absolute Gasteiger partial charge is 0.224 e. The minimum atomic E-state index is 0.0179. The van der Waals surface area contributed by atoms with E-state index in [1.807, 2.05) is 38.1 Å². The minimum absolute atomic E-state index is 0.0179. The van der Waals surface area contributed by atoms with Crippen molar-refractivity contribution in [2.45, 2.75) is 32.7 Å². The summed E-state index contributed by atoms with van der Waals surface area (Å²) in [7, 11) is 2.07. The van der Waals surface area contributed by atoms with Crippen molar-refractivity contribution in [1.29, 1.82) is 0 Å². The standard InChI is InChI=1S/C17H26N2O2/c1-13-7-4-5-9-16(13)21-12-14(2)18-17(20)15-8-6-10-19(3)11-15/h4-5,7,9,14-15H,6,8,10-12H2,1-3H3,(H,18,20)/t14-,15+/m0/s1. The Kier molecular flexibility index (Phi) is 5.62. The van der Waals surface area contributed by atoms with Crippen molar-refractivity contribution in [3.8, 4) is 5.75 Å². The molecule has 4 heteroatoms. The molecule has 1 heterocycles. The molecule has 4 nitrogen and oxygen atoms in total. The number of rotatable bonds is 5. The van der Waals surface area contributed by atoms with Gasteiger partial charge in [0, 0.05) is 6.54 Å². The molecule has 0 bridgehead atoms. The zero-order valence-corrected chi connectivity index (χ0v) is 13.3. The van der Waals surface area contributed by atoms with Crippen LogP contribution in [0.15, 0.2) is 24.3 Å². The molecule has 1 fully saturated rings. The molecule has 0 unspecified atom stereocenters. The number of nitrogens with zero attached hydrogens (tertiary/aromatic N) is 1. The summed E-state index contributed by atoms with van der Waals surface area (Å²) in [5.74, 6) is 1.16. The number of nitrogens with one attached hydrogen (secondary N) is 1. The van der Waals surface area contributed by atoms with Gasteiger partial charge in [-0.3, -0.25) is 4.79 Å². The first-order chi connectivity index (χ1) is 10.1. The molecule has 1 saturated heterocycles. The number of hydrogen-bond acceptors (Lipinski definition) is 3. The molecule has 1 N–H and O–H groups in total. The van der Waals surface area contributed by atoms with Gasteiger partial charge in [-0.15, -0.1) is 0 Å². The average molecular weight is 290 g/mol. The third kappa shape index (κ3) is 4.74. The lowest BCUT2D eigenvalue weighted by Gasteiger charge is -2.29. The van der Waals surface area contributed by atoms with Crippen molar-refractivity contribution in [3.63, 3.8) is 0 Å². The number of amides is 1. The Bertz CT molecular complexity index is 476. The first kappa shape index (κ1) is 15.8. The Hall–Kier alpha value is -1.55. The second-order valence-electron chi connectivity index (χ2n) is 6.09. The van der Waals surface area contributed by atoms with Gasteiger partial charge in [0.1, 0.15) is 12.4 Å². The van der Waals surface area contributed by atoms with E-state index < -0.39 is 0 Å². The van der Waals surface area contributed by atoms with Crippen LogP contribution < -0.4 is 10.1 Å². The van der Waals surface area contributed by atoms with Crippen LogP contribution >= 0.6 is 0 Å². The van der Waals surface area contributed by atoms with Gasteiger partial charge in [0.15, 0.2) is 0 Å². The number of para-hydroxylation sites is 1. The molecule has 116 valence electrons. The Labute approximate surface area is 127 Å². The molecule has 1 aromatic carbocycles. The summed E-state index contributed by atoms with van der Waals surface area (Å²) < 4.78 is 5.78. The van der Waals surface area contributed by atoms with Gasteiger partial charge >= 0.3 is 0 Å². The topological polar surface area (TPSA) is 41.6 Å². The van der Waals surface area contributed by atoms with E-state index in [0.717, 1.165) is 37.2 Å². The zero-order chi connectivity index (χ0) is 15.2. The molecule has 21 heavy (non-hydrogen) atoms. The van der Waals surface area contributed by atoms with Crippen LogP contribution in [0.3, 0.4) is 0 Å². The Balaban J connectivity index is 1.77. The lowest BCUT2D eigenvalue weighted by atomic mass is 9.97. The van der Waals surface area contributed by atoms with Crippen molar-refractivity contribution in [2.75, 3.05) is 26.7 Å². The van der Waals surface area contributed by atoms with Crippen LogP contribution in [0.5, 0.6) is 5.75 Å². The molecule has 1 aliphatic heterocycles. The quantitative estimate of drug-likeness (QED) is 0.904. The van der Waals surface area contributed by atoms with Crippen LogP contribution in [0, 0.1) is 12.8 Å². The van der Waals surface area contributed by atoms with Gasteiger partial charge in [-0.2, -0.15) is 0 Å². The molecule has 1 aliphatic rings. The maximum Gasteiger partial charge on any atom is 0.224 e. The number of carbonyl (C=O) groups is 1. The minimum Gasteiger partial charge on any atom is -0.491 e. The van der Waals surface area contributed by atoms with Crippen LogP contribution in [0.1, 0.15) is 25.3 Å². The second-order valence-corrected chi connectivity index (χ2v) is 6.09. The third-order valence-corrected chi connectivity index (χ3v) is 3.97. The molecule has 0 aliphatic carbocycles. The van der Waals surface area contributed by atoms with E-state index in [9.17, 15) is 4.79 Å². The first-order valence-electron chi connectivity index (χ1n) is 7.73. The molecule has 1 aromatic rings. The zero-order valence-electron chi connectivity index (χ0n) is 13.3. The summed E-state index contributed by atoms with van der Waals surface area (Å²) >= 11 is 0. The Morgan fingerprint density at radius 1 is 1.48 bits per heavy atom. The Morgan fingerprint density at radius 2 is 2.24 bits per heavy atom. The van der Waals surface area contributed by atoms with E-state index in [1.165, 1.54) is 0 Å². The molecule has 2 atom stereocenters.